The number of pyridine rings is 1. The van der Waals surface area contributed by atoms with Crippen LogP contribution in [-0.2, 0) is 24.4 Å². The summed E-state index contributed by atoms with van der Waals surface area (Å²) in [6, 6.07) is 18.4. The molecule has 4 aromatic rings. The Morgan fingerprint density at radius 1 is 1.17 bits per heavy atom. The van der Waals surface area contributed by atoms with Crippen molar-refractivity contribution in [2.45, 2.75) is 64.9 Å². The number of hydrogen-bond acceptors (Lipinski definition) is 6. The highest BCUT2D eigenvalue weighted by molar-refractivity contribution is 5.79. The third kappa shape index (κ3) is 5.33. The lowest BCUT2D eigenvalue weighted by molar-refractivity contribution is 0.0888. The predicted molar refractivity (Wildman–Crippen MR) is 135 cm³/mol. The second-order valence-electron chi connectivity index (χ2n) is 9.38. The number of fused-ring (bicyclic) bond motifs is 1. The molecule has 1 saturated heterocycles. The smallest absolute Gasteiger partial charge is 0.252 e. The van der Waals surface area contributed by atoms with Gasteiger partial charge < -0.3 is 9.72 Å². The molecule has 3 heterocycles. The van der Waals surface area contributed by atoms with E-state index in [4.69, 9.17) is 4.74 Å². The first-order valence-electron chi connectivity index (χ1n) is 12.4. The first kappa shape index (κ1) is 23.4. The van der Waals surface area contributed by atoms with Gasteiger partial charge in [-0.15, -0.1) is 5.10 Å². The predicted octanol–water partition coefficient (Wildman–Crippen LogP) is 4.16. The van der Waals surface area contributed by atoms with Crippen molar-refractivity contribution in [2.75, 3.05) is 6.61 Å². The Morgan fingerprint density at radius 2 is 2.03 bits per heavy atom. The molecule has 0 saturated carbocycles. The van der Waals surface area contributed by atoms with Crippen LogP contribution in [0.4, 0.5) is 0 Å². The van der Waals surface area contributed by atoms with Crippen LogP contribution in [0.5, 0.6) is 0 Å². The first-order chi connectivity index (χ1) is 17.1. The highest BCUT2D eigenvalue weighted by atomic mass is 16.5. The van der Waals surface area contributed by atoms with Gasteiger partial charge in [0.25, 0.3) is 5.56 Å². The Hall–Kier alpha value is -3.36. The van der Waals surface area contributed by atoms with E-state index in [1.165, 1.54) is 5.56 Å². The van der Waals surface area contributed by atoms with Gasteiger partial charge >= 0.3 is 0 Å². The van der Waals surface area contributed by atoms with E-state index in [1.54, 1.807) is 0 Å². The van der Waals surface area contributed by atoms with Crippen LogP contribution in [0.25, 0.3) is 10.9 Å². The molecular weight excluding hydrogens is 440 g/mol. The molecule has 1 N–H and O–H groups in total. The summed E-state index contributed by atoms with van der Waals surface area (Å²) in [4.78, 5) is 18.4. The first-order valence-corrected chi connectivity index (χ1v) is 12.4. The molecule has 182 valence electrons. The summed E-state index contributed by atoms with van der Waals surface area (Å²) >= 11 is 0. The zero-order chi connectivity index (χ0) is 24.2. The summed E-state index contributed by atoms with van der Waals surface area (Å²) in [5.41, 5.74) is 3.86. The van der Waals surface area contributed by atoms with Gasteiger partial charge in [-0.2, -0.15) is 0 Å². The fourth-order valence-corrected chi connectivity index (χ4v) is 4.97. The summed E-state index contributed by atoms with van der Waals surface area (Å²) in [7, 11) is 0. The Labute approximate surface area is 204 Å². The van der Waals surface area contributed by atoms with Gasteiger partial charge in [-0.25, -0.2) is 4.68 Å². The number of tetrazole rings is 1. The van der Waals surface area contributed by atoms with Gasteiger partial charge in [0, 0.05) is 30.8 Å². The van der Waals surface area contributed by atoms with E-state index in [2.05, 4.69) is 57.5 Å². The lowest BCUT2D eigenvalue weighted by Gasteiger charge is -2.30. The normalized spacial score (nSPS) is 16.8. The van der Waals surface area contributed by atoms with E-state index < -0.39 is 0 Å². The van der Waals surface area contributed by atoms with E-state index in [0.29, 0.717) is 19.6 Å². The van der Waals surface area contributed by atoms with Gasteiger partial charge in [-0.05, 0) is 65.8 Å². The van der Waals surface area contributed by atoms with Gasteiger partial charge in [0.1, 0.15) is 0 Å². The molecule has 2 aromatic heterocycles. The maximum atomic E-state index is 13.1. The van der Waals surface area contributed by atoms with Crippen molar-refractivity contribution in [3.8, 4) is 0 Å². The summed E-state index contributed by atoms with van der Waals surface area (Å²) in [5, 5.41) is 13.8. The molecule has 2 atom stereocenters. The van der Waals surface area contributed by atoms with Crippen molar-refractivity contribution >= 4 is 10.9 Å². The average Bonchev–Trinajstić information content (AvgIpc) is 3.54. The van der Waals surface area contributed by atoms with Crippen molar-refractivity contribution in [3.63, 3.8) is 0 Å². The quantitative estimate of drug-likeness (QED) is 0.394. The number of H-pyrrole nitrogens is 1. The van der Waals surface area contributed by atoms with Crippen LogP contribution in [0.1, 0.15) is 54.7 Å². The summed E-state index contributed by atoms with van der Waals surface area (Å²) in [6.07, 6.45) is 3.05. The standard InChI is InChI=1S/C27H32N6O2/c1-3-25(26-29-30-31-33(26)18-23-10-7-13-35-23)32(16-20-8-5-4-6-9-20)17-22-15-21-14-19(2)11-12-24(21)28-27(22)34/h4-6,8-9,11-12,14-15,23,25H,3,7,10,13,16-18H2,1-2H3,(H,28,34)/t23-,25-/m1/s1. The zero-order valence-corrected chi connectivity index (χ0v) is 20.4. The molecule has 1 aliphatic rings. The largest absolute Gasteiger partial charge is 0.376 e. The van der Waals surface area contributed by atoms with Crippen LogP contribution in [0.2, 0.25) is 0 Å². The molecule has 8 heteroatoms. The highest BCUT2D eigenvalue weighted by Gasteiger charge is 2.28. The third-order valence-corrected chi connectivity index (χ3v) is 6.76. The monoisotopic (exact) mass is 472 g/mol. The molecule has 0 amide bonds. The summed E-state index contributed by atoms with van der Waals surface area (Å²) in [6.45, 7) is 6.81. The molecule has 5 rings (SSSR count). The van der Waals surface area contributed by atoms with Gasteiger partial charge in [-0.1, -0.05) is 48.9 Å². The van der Waals surface area contributed by atoms with Crippen molar-refractivity contribution in [1.29, 1.82) is 0 Å². The Kier molecular flexibility index (Phi) is 7.01. The van der Waals surface area contributed by atoms with E-state index in [1.807, 2.05) is 41.1 Å². The number of aromatic amines is 1. The third-order valence-electron chi connectivity index (χ3n) is 6.76. The molecule has 2 aromatic carbocycles. The van der Waals surface area contributed by atoms with Gasteiger partial charge in [0.2, 0.25) is 0 Å². The Morgan fingerprint density at radius 3 is 2.80 bits per heavy atom. The van der Waals surface area contributed by atoms with E-state index in [0.717, 1.165) is 53.7 Å². The number of nitrogens with one attached hydrogen (secondary N) is 1. The molecule has 8 nitrogen and oxygen atoms in total. The van der Waals surface area contributed by atoms with Crippen LogP contribution < -0.4 is 5.56 Å². The molecular formula is C27H32N6O2. The van der Waals surface area contributed by atoms with Gasteiger partial charge in [0.05, 0.1) is 18.7 Å². The molecule has 1 aliphatic heterocycles. The second kappa shape index (κ2) is 10.5. The number of benzene rings is 2. The van der Waals surface area contributed by atoms with Crippen molar-refractivity contribution < 1.29 is 4.74 Å². The van der Waals surface area contributed by atoms with Crippen molar-refractivity contribution in [1.82, 2.24) is 30.1 Å². The lowest BCUT2D eigenvalue weighted by atomic mass is 10.1. The van der Waals surface area contributed by atoms with Crippen LogP contribution in [0.15, 0.2) is 59.4 Å². The maximum Gasteiger partial charge on any atom is 0.252 e. The number of ether oxygens (including phenoxy) is 1. The van der Waals surface area contributed by atoms with Gasteiger partial charge in [-0.3, -0.25) is 9.69 Å². The summed E-state index contributed by atoms with van der Waals surface area (Å²) in [5.74, 6) is 0.812. The zero-order valence-electron chi connectivity index (χ0n) is 20.4. The van der Waals surface area contributed by atoms with E-state index >= 15 is 0 Å². The van der Waals surface area contributed by atoms with E-state index in [9.17, 15) is 4.79 Å². The molecule has 0 radical (unpaired) electrons. The molecule has 1 fully saturated rings. The molecule has 0 aliphatic carbocycles. The van der Waals surface area contributed by atoms with Crippen LogP contribution in [0.3, 0.4) is 0 Å². The van der Waals surface area contributed by atoms with E-state index in [-0.39, 0.29) is 17.7 Å². The number of nitrogens with zero attached hydrogens (tertiary/aromatic N) is 5. The van der Waals surface area contributed by atoms with Crippen LogP contribution in [0, 0.1) is 6.92 Å². The van der Waals surface area contributed by atoms with Crippen molar-refractivity contribution in [2.24, 2.45) is 0 Å². The molecule has 0 unspecified atom stereocenters. The molecule has 35 heavy (non-hydrogen) atoms. The average molecular weight is 473 g/mol. The highest BCUT2D eigenvalue weighted by Crippen LogP contribution is 2.27. The minimum Gasteiger partial charge on any atom is -0.376 e. The number of hydrogen-bond donors (Lipinski definition) is 1. The van der Waals surface area contributed by atoms with Crippen LogP contribution in [-0.4, -0.2) is 42.8 Å². The lowest BCUT2D eigenvalue weighted by Crippen LogP contribution is -2.33. The SMILES string of the molecule is CC[C@H](c1nnnn1C[C@H]1CCCO1)N(Cc1ccccc1)Cc1cc2cc(C)ccc2[nH]c1=O. The van der Waals surface area contributed by atoms with Gasteiger partial charge in [0.15, 0.2) is 5.82 Å². The topological polar surface area (TPSA) is 88.9 Å². The maximum absolute atomic E-state index is 13.1. The molecule has 0 spiro atoms. The van der Waals surface area contributed by atoms with Crippen molar-refractivity contribution in [3.05, 3.63) is 87.5 Å². The minimum atomic E-state index is -0.0618. The second-order valence-corrected chi connectivity index (χ2v) is 9.38. The Bertz CT molecular complexity index is 1330. The molecule has 0 bridgehead atoms. The fourth-order valence-electron chi connectivity index (χ4n) is 4.97. The van der Waals surface area contributed by atoms with Crippen LogP contribution >= 0.6 is 0 Å². The number of aromatic nitrogens is 5. The number of rotatable bonds is 9. The fraction of sp³-hybridized carbons (Fsp3) is 0.407. The summed E-state index contributed by atoms with van der Waals surface area (Å²) < 4.78 is 7.72. The Balaban J connectivity index is 1.50. The number of aryl methyl sites for hydroxylation is 1. The minimum absolute atomic E-state index is 0.0563.